The standard InChI is InChI=1S/C13H9BrCl2IN/c14-10-6-9(4-5-12(10)17)18-7-8-2-1-3-11(15)13(8)16/h1-6,18H,7H2. The Morgan fingerprint density at radius 3 is 2.67 bits per heavy atom. The molecule has 2 rings (SSSR count). The molecule has 2 aromatic carbocycles. The zero-order valence-electron chi connectivity index (χ0n) is 9.18. The van der Waals surface area contributed by atoms with Gasteiger partial charge in [-0.05, 0) is 68.3 Å². The summed E-state index contributed by atoms with van der Waals surface area (Å²) in [5, 5.41) is 4.51. The minimum atomic E-state index is 0.583. The van der Waals surface area contributed by atoms with Crippen molar-refractivity contribution in [2.24, 2.45) is 0 Å². The summed E-state index contributed by atoms with van der Waals surface area (Å²) < 4.78 is 2.25. The first kappa shape index (κ1) is 14.4. The predicted molar refractivity (Wildman–Crippen MR) is 90.6 cm³/mol. The highest BCUT2D eigenvalue weighted by Gasteiger charge is 2.04. The fourth-order valence-electron chi connectivity index (χ4n) is 1.49. The van der Waals surface area contributed by atoms with Crippen molar-refractivity contribution in [1.29, 1.82) is 0 Å². The molecule has 0 atom stereocenters. The molecular weight excluding hydrogens is 448 g/mol. The number of rotatable bonds is 3. The molecule has 1 N–H and O–H groups in total. The van der Waals surface area contributed by atoms with E-state index in [2.05, 4.69) is 43.8 Å². The lowest BCUT2D eigenvalue weighted by molar-refractivity contribution is 1.15. The molecule has 18 heavy (non-hydrogen) atoms. The van der Waals surface area contributed by atoms with Crippen molar-refractivity contribution in [3.8, 4) is 0 Å². The van der Waals surface area contributed by atoms with Crippen molar-refractivity contribution >= 4 is 67.4 Å². The van der Waals surface area contributed by atoms with Crippen LogP contribution in [0.3, 0.4) is 0 Å². The van der Waals surface area contributed by atoms with Gasteiger partial charge in [0.15, 0.2) is 0 Å². The smallest absolute Gasteiger partial charge is 0.0642 e. The fraction of sp³-hybridized carbons (Fsp3) is 0.0769. The van der Waals surface area contributed by atoms with Crippen LogP contribution in [0.5, 0.6) is 0 Å². The van der Waals surface area contributed by atoms with Crippen LogP contribution in [-0.2, 0) is 6.54 Å². The molecule has 0 saturated carbocycles. The van der Waals surface area contributed by atoms with E-state index in [1.807, 2.05) is 30.3 Å². The van der Waals surface area contributed by atoms with Crippen LogP contribution in [0.25, 0.3) is 0 Å². The van der Waals surface area contributed by atoms with Gasteiger partial charge in [-0.1, -0.05) is 35.3 Å². The summed E-state index contributed by atoms with van der Waals surface area (Å²) in [6.45, 7) is 0.645. The lowest BCUT2D eigenvalue weighted by Crippen LogP contribution is -2.00. The van der Waals surface area contributed by atoms with Gasteiger partial charge in [0.05, 0.1) is 10.0 Å². The second-order valence-corrected chi connectivity index (χ2v) is 6.50. The highest BCUT2D eigenvalue weighted by Crippen LogP contribution is 2.27. The number of hydrogen-bond acceptors (Lipinski definition) is 1. The van der Waals surface area contributed by atoms with Gasteiger partial charge in [0.1, 0.15) is 0 Å². The Bertz CT molecular complexity index is 575. The molecule has 0 aliphatic carbocycles. The van der Waals surface area contributed by atoms with Crippen LogP contribution in [0.4, 0.5) is 5.69 Å². The molecule has 0 fully saturated rings. The normalized spacial score (nSPS) is 10.4. The largest absolute Gasteiger partial charge is 0.381 e. The van der Waals surface area contributed by atoms with E-state index < -0.39 is 0 Å². The van der Waals surface area contributed by atoms with Gasteiger partial charge in [-0.15, -0.1) is 0 Å². The van der Waals surface area contributed by atoms with E-state index in [1.54, 1.807) is 6.07 Å². The van der Waals surface area contributed by atoms with Crippen LogP contribution >= 0.6 is 61.7 Å². The van der Waals surface area contributed by atoms with E-state index in [4.69, 9.17) is 23.2 Å². The van der Waals surface area contributed by atoms with Gasteiger partial charge < -0.3 is 5.32 Å². The van der Waals surface area contributed by atoms with E-state index in [-0.39, 0.29) is 0 Å². The molecule has 1 nitrogen and oxygen atoms in total. The molecule has 5 heteroatoms. The van der Waals surface area contributed by atoms with Crippen molar-refractivity contribution < 1.29 is 0 Å². The average Bonchev–Trinajstić information content (AvgIpc) is 2.35. The molecule has 0 aliphatic heterocycles. The highest BCUT2D eigenvalue weighted by molar-refractivity contribution is 14.1. The van der Waals surface area contributed by atoms with Gasteiger partial charge in [-0.3, -0.25) is 0 Å². The lowest BCUT2D eigenvalue weighted by Gasteiger charge is -2.09. The molecule has 94 valence electrons. The first-order chi connectivity index (χ1) is 8.58. The fourth-order valence-corrected chi connectivity index (χ4v) is 2.59. The van der Waals surface area contributed by atoms with Crippen LogP contribution in [0.2, 0.25) is 10.0 Å². The molecular formula is C13H9BrCl2IN. The summed E-state index contributed by atoms with van der Waals surface area (Å²) in [5.41, 5.74) is 2.03. The number of anilines is 1. The third-order valence-corrected chi connectivity index (χ3v) is 5.63. The molecule has 0 aromatic heterocycles. The number of halogens is 4. The van der Waals surface area contributed by atoms with Crippen LogP contribution in [0.15, 0.2) is 40.9 Å². The SMILES string of the molecule is Clc1cccc(CNc2ccc(I)c(Br)c2)c1Cl. The second-order valence-electron chi connectivity index (χ2n) is 3.70. The van der Waals surface area contributed by atoms with Crippen LogP contribution < -0.4 is 5.32 Å². The second kappa shape index (κ2) is 6.46. The molecule has 0 spiro atoms. The van der Waals surface area contributed by atoms with Crippen molar-refractivity contribution in [2.45, 2.75) is 6.54 Å². The third-order valence-electron chi connectivity index (χ3n) is 2.43. The van der Waals surface area contributed by atoms with Gasteiger partial charge in [0, 0.05) is 20.3 Å². The quantitative estimate of drug-likeness (QED) is 0.561. The zero-order chi connectivity index (χ0) is 13.1. The minimum absolute atomic E-state index is 0.583. The Morgan fingerprint density at radius 1 is 1.17 bits per heavy atom. The van der Waals surface area contributed by atoms with E-state index >= 15 is 0 Å². The molecule has 0 unspecified atom stereocenters. The summed E-state index contributed by atoms with van der Waals surface area (Å²) in [6, 6.07) is 11.8. The maximum atomic E-state index is 6.13. The Hall–Kier alpha value is 0.0300. The van der Waals surface area contributed by atoms with E-state index in [9.17, 15) is 0 Å². The maximum absolute atomic E-state index is 6.13. The Labute approximate surface area is 138 Å². The van der Waals surface area contributed by atoms with Crippen LogP contribution in [0.1, 0.15) is 5.56 Å². The van der Waals surface area contributed by atoms with E-state index in [1.165, 1.54) is 3.57 Å². The maximum Gasteiger partial charge on any atom is 0.0642 e. The first-order valence-electron chi connectivity index (χ1n) is 5.20. The summed E-state index contributed by atoms with van der Waals surface area (Å²) >= 11 is 17.9. The van der Waals surface area contributed by atoms with Gasteiger partial charge in [-0.2, -0.15) is 0 Å². The Morgan fingerprint density at radius 2 is 1.94 bits per heavy atom. The van der Waals surface area contributed by atoms with Gasteiger partial charge in [-0.25, -0.2) is 0 Å². The van der Waals surface area contributed by atoms with Crippen molar-refractivity contribution in [3.63, 3.8) is 0 Å². The highest BCUT2D eigenvalue weighted by atomic mass is 127. The van der Waals surface area contributed by atoms with Gasteiger partial charge in [0.25, 0.3) is 0 Å². The van der Waals surface area contributed by atoms with Crippen LogP contribution in [-0.4, -0.2) is 0 Å². The first-order valence-corrected chi connectivity index (χ1v) is 7.82. The number of benzene rings is 2. The third kappa shape index (κ3) is 3.53. The molecule has 0 radical (unpaired) electrons. The monoisotopic (exact) mass is 455 g/mol. The van der Waals surface area contributed by atoms with Crippen LogP contribution in [0, 0.1) is 3.57 Å². The van der Waals surface area contributed by atoms with E-state index in [0.717, 1.165) is 15.7 Å². The van der Waals surface area contributed by atoms with Crippen molar-refractivity contribution in [1.82, 2.24) is 0 Å². The summed E-state index contributed by atoms with van der Waals surface area (Å²) in [6.07, 6.45) is 0. The Balaban J connectivity index is 2.11. The summed E-state index contributed by atoms with van der Waals surface area (Å²) in [7, 11) is 0. The topological polar surface area (TPSA) is 12.0 Å². The van der Waals surface area contributed by atoms with Crippen molar-refractivity contribution in [2.75, 3.05) is 5.32 Å². The predicted octanol–water partition coefficient (Wildman–Crippen LogP) is 5.97. The molecule has 0 aliphatic rings. The zero-order valence-corrected chi connectivity index (χ0v) is 14.4. The Kier molecular flexibility index (Phi) is 5.18. The molecule has 2 aromatic rings. The molecule has 0 saturated heterocycles. The van der Waals surface area contributed by atoms with Gasteiger partial charge in [0.2, 0.25) is 0 Å². The molecule has 0 amide bonds. The van der Waals surface area contributed by atoms with E-state index in [0.29, 0.717) is 16.6 Å². The minimum Gasteiger partial charge on any atom is -0.381 e. The molecule has 0 heterocycles. The number of hydrogen-bond donors (Lipinski definition) is 1. The van der Waals surface area contributed by atoms with Gasteiger partial charge >= 0.3 is 0 Å². The lowest BCUT2D eigenvalue weighted by atomic mass is 10.2. The summed E-state index contributed by atoms with van der Waals surface area (Å²) in [4.78, 5) is 0. The molecule has 0 bridgehead atoms. The van der Waals surface area contributed by atoms with Crippen molar-refractivity contribution in [3.05, 3.63) is 60.0 Å². The number of nitrogens with one attached hydrogen (secondary N) is 1. The average molecular weight is 457 g/mol. The summed E-state index contributed by atoms with van der Waals surface area (Å²) in [5.74, 6) is 0.